The van der Waals surface area contributed by atoms with Gasteiger partial charge in [-0.2, -0.15) is 0 Å². The molecule has 1 aromatic heterocycles. The van der Waals surface area contributed by atoms with Crippen LogP contribution in [0, 0.1) is 5.92 Å². The monoisotopic (exact) mass is 524 g/mol. The average Bonchev–Trinajstić information content (AvgIpc) is 2.96. The van der Waals surface area contributed by atoms with Crippen LogP contribution in [0.15, 0.2) is 109 Å². The second-order valence-electron chi connectivity index (χ2n) is 8.87. The molecule has 0 fully saturated rings. The van der Waals surface area contributed by atoms with Gasteiger partial charge in [-0.3, -0.25) is 14.6 Å². The summed E-state index contributed by atoms with van der Waals surface area (Å²) in [5.74, 6) is -1.85. The first-order valence-corrected chi connectivity index (χ1v) is 13.3. The van der Waals surface area contributed by atoms with Crippen molar-refractivity contribution in [2.75, 3.05) is 5.75 Å². The molecule has 7 heteroatoms. The Morgan fingerprint density at radius 2 is 1.39 bits per heavy atom. The van der Waals surface area contributed by atoms with E-state index in [4.69, 9.17) is 0 Å². The largest absolute Gasteiger partial charge is 0.480 e. The van der Waals surface area contributed by atoms with E-state index in [2.05, 4.69) is 10.3 Å². The first-order valence-electron chi connectivity index (χ1n) is 12.3. The number of hydrogen-bond acceptors (Lipinski definition) is 5. The predicted molar refractivity (Wildman–Crippen MR) is 150 cm³/mol. The highest BCUT2D eigenvalue weighted by Gasteiger charge is 2.27. The van der Waals surface area contributed by atoms with E-state index >= 15 is 0 Å². The van der Waals surface area contributed by atoms with Crippen LogP contribution >= 0.6 is 11.8 Å². The average molecular weight is 525 g/mol. The molecule has 1 amide bonds. The van der Waals surface area contributed by atoms with Crippen molar-refractivity contribution in [1.29, 1.82) is 0 Å². The third-order valence-corrected chi connectivity index (χ3v) is 7.16. The Labute approximate surface area is 226 Å². The number of carboxylic acids is 1. The van der Waals surface area contributed by atoms with Crippen LogP contribution in [0.5, 0.6) is 0 Å². The van der Waals surface area contributed by atoms with Crippen molar-refractivity contribution in [3.05, 3.63) is 126 Å². The molecular formula is C31H28N2O4S. The van der Waals surface area contributed by atoms with Gasteiger partial charge in [-0.1, -0.05) is 103 Å². The van der Waals surface area contributed by atoms with Crippen LogP contribution in [0.2, 0.25) is 0 Å². The topological polar surface area (TPSA) is 96.4 Å². The van der Waals surface area contributed by atoms with E-state index in [9.17, 15) is 19.5 Å². The number of benzene rings is 3. The fourth-order valence-electron chi connectivity index (χ4n) is 4.03. The van der Waals surface area contributed by atoms with Crippen molar-refractivity contribution in [3.63, 3.8) is 0 Å². The SMILES string of the molecule is O=C(SC[C@@H](Cc1ccccc1)C(=O)N[C@@H](Cc1ccc(-c2ccccn2)cc1)C(=O)O)c1ccccc1. The van der Waals surface area contributed by atoms with E-state index in [1.54, 1.807) is 30.5 Å². The van der Waals surface area contributed by atoms with E-state index in [-0.39, 0.29) is 23.2 Å². The van der Waals surface area contributed by atoms with Crippen molar-refractivity contribution in [3.8, 4) is 11.3 Å². The summed E-state index contributed by atoms with van der Waals surface area (Å²) in [6.07, 6.45) is 2.25. The van der Waals surface area contributed by atoms with Gasteiger partial charge in [-0.15, -0.1) is 0 Å². The summed E-state index contributed by atoms with van der Waals surface area (Å²) in [4.78, 5) is 42.4. The van der Waals surface area contributed by atoms with E-state index in [0.717, 1.165) is 34.1 Å². The molecule has 0 unspecified atom stereocenters. The Hall–Kier alpha value is -4.23. The van der Waals surface area contributed by atoms with Gasteiger partial charge < -0.3 is 10.4 Å². The van der Waals surface area contributed by atoms with Crippen molar-refractivity contribution in [1.82, 2.24) is 10.3 Å². The molecule has 3 aromatic carbocycles. The minimum absolute atomic E-state index is 0.126. The quantitative estimate of drug-likeness (QED) is 0.277. The highest BCUT2D eigenvalue weighted by molar-refractivity contribution is 8.14. The number of carbonyl (C=O) groups is 3. The number of aliphatic carboxylic acids is 1. The van der Waals surface area contributed by atoms with Gasteiger partial charge in [-0.25, -0.2) is 4.79 Å². The van der Waals surface area contributed by atoms with Gasteiger partial charge >= 0.3 is 5.97 Å². The summed E-state index contributed by atoms with van der Waals surface area (Å²) < 4.78 is 0. The number of nitrogens with zero attached hydrogens (tertiary/aromatic N) is 1. The molecular weight excluding hydrogens is 496 g/mol. The lowest BCUT2D eigenvalue weighted by Crippen LogP contribution is -2.46. The van der Waals surface area contributed by atoms with Gasteiger partial charge in [0.2, 0.25) is 11.0 Å². The lowest BCUT2D eigenvalue weighted by molar-refractivity contribution is -0.142. The molecule has 0 saturated heterocycles. The van der Waals surface area contributed by atoms with Crippen LogP contribution < -0.4 is 5.32 Å². The maximum Gasteiger partial charge on any atom is 0.326 e. The van der Waals surface area contributed by atoms with Crippen LogP contribution in [0.25, 0.3) is 11.3 Å². The normalized spacial score (nSPS) is 12.3. The van der Waals surface area contributed by atoms with E-state index in [1.165, 1.54) is 0 Å². The molecule has 0 radical (unpaired) electrons. The molecule has 1 heterocycles. The van der Waals surface area contributed by atoms with Gasteiger partial charge in [-0.05, 0) is 29.7 Å². The standard InChI is InChI=1S/C31H28N2O4S/c34-29(26(19-22-9-3-1-4-10-22)21-38-31(37)25-11-5-2-6-12-25)33-28(30(35)36)20-23-14-16-24(17-15-23)27-13-7-8-18-32-27/h1-18,26,28H,19-21H2,(H,33,34)(H,35,36)/t26-,28+/m1/s1. The maximum atomic E-state index is 13.3. The number of aromatic nitrogens is 1. The van der Waals surface area contributed by atoms with E-state index in [0.29, 0.717) is 12.0 Å². The number of hydrogen-bond donors (Lipinski definition) is 2. The predicted octanol–water partition coefficient (Wildman–Crippen LogP) is 5.29. The van der Waals surface area contributed by atoms with Crippen LogP contribution in [-0.4, -0.2) is 38.9 Å². The van der Waals surface area contributed by atoms with Crippen molar-refractivity contribution in [2.24, 2.45) is 5.92 Å². The minimum Gasteiger partial charge on any atom is -0.480 e. The molecule has 38 heavy (non-hydrogen) atoms. The molecule has 2 N–H and O–H groups in total. The fourth-order valence-corrected chi connectivity index (χ4v) is 4.95. The number of rotatable bonds is 11. The van der Waals surface area contributed by atoms with Crippen LogP contribution in [0.4, 0.5) is 0 Å². The third-order valence-electron chi connectivity index (χ3n) is 6.09. The lowest BCUT2D eigenvalue weighted by atomic mass is 9.98. The lowest BCUT2D eigenvalue weighted by Gasteiger charge is -2.20. The fraction of sp³-hybridized carbons (Fsp3) is 0.161. The Morgan fingerprint density at radius 1 is 0.763 bits per heavy atom. The molecule has 0 saturated carbocycles. The molecule has 192 valence electrons. The summed E-state index contributed by atoms with van der Waals surface area (Å²) in [5.41, 5.74) is 4.04. The zero-order valence-corrected chi connectivity index (χ0v) is 21.5. The molecule has 4 rings (SSSR count). The zero-order chi connectivity index (χ0) is 26.7. The van der Waals surface area contributed by atoms with E-state index < -0.39 is 17.9 Å². The van der Waals surface area contributed by atoms with Crippen LogP contribution in [0.3, 0.4) is 0 Å². The highest BCUT2D eigenvalue weighted by atomic mass is 32.2. The number of amides is 1. The van der Waals surface area contributed by atoms with Crippen molar-refractivity contribution >= 4 is 28.8 Å². The molecule has 6 nitrogen and oxygen atoms in total. The molecule has 0 bridgehead atoms. The number of carbonyl (C=O) groups excluding carboxylic acids is 2. The Morgan fingerprint density at radius 3 is 2.03 bits per heavy atom. The number of pyridine rings is 1. The van der Waals surface area contributed by atoms with Gasteiger partial charge in [0.25, 0.3) is 0 Å². The Balaban J connectivity index is 1.44. The van der Waals surface area contributed by atoms with Gasteiger partial charge in [0.15, 0.2) is 0 Å². The highest BCUT2D eigenvalue weighted by Crippen LogP contribution is 2.21. The Kier molecular flexibility index (Phi) is 9.43. The summed E-state index contributed by atoms with van der Waals surface area (Å²) in [7, 11) is 0. The number of carboxylic acid groups (broad SMARTS) is 1. The zero-order valence-electron chi connectivity index (χ0n) is 20.7. The molecule has 0 aliphatic carbocycles. The summed E-state index contributed by atoms with van der Waals surface area (Å²) in [6.45, 7) is 0. The summed E-state index contributed by atoms with van der Waals surface area (Å²) in [6, 6.07) is 30.5. The van der Waals surface area contributed by atoms with Crippen LogP contribution in [0.1, 0.15) is 21.5 Å². The van der Waals surface area contributed by atoms with Gasteiger partial charge in [0.05, 0.1) is 11.6 Å². The maximum absolute atomic E-state index is 13.3. The first kappa shape index (κ1) is 26.8. The summed E-state index contributed by atoms with van der Waals surface area (Å²) >= 11 is 1.07. The molecule has 0 aliphatic heterocycles. The smallest absolute Gasteiger partial charge is 0.326 e. The number of thioether (sulfide) groups is 1. The van der Waals surface area contributed by atoms with Crippen LogP contribution in [-0.2, 0) is 22.4 Å². The second-order valence-corrected chi connectivity index (χ2v) is 9.86. The van der Waals surface area contributed by atoms with E-state index in [1.807, 2.05) is 78.9 Å². The number of nitrogens with one attached hydrogen (secondary N) is 1. The summed E-state index contributed by atoms with van der Waals surface area (Å²) in [5, 5.41) is 12.5. The van der Waals surface area contributed by atoms with Crippen molar-refractivity contribution < 1.29 is 19.5 Å². The molecule has 0 aliphatic rings. The van der Waals surface area contributed by atoms with Crippen molar-refractivity contribution in [2.45, 2.75) is 18.9 Å². The first-order chi connectivity index (χ1) is 18.5. The van der Waals surface area contributed by atoms with Gasteiger partial charge in [0.1, 0.15) is 6.04 Å². The minimum atomic E-state index is -1.11. The second kappa shape index (κ2) is 13.4. The Bertz CT molecular complexity index is 1350. The molecule has 0 spiro atoms. The third kappa shape index (κ3) is 7.63. The molecule has 2 atom stereocenters. The van der Waals surface area contributed by atoms with Gasteiger partial charge in [0, 0.05) is 29.5 Å². The molecule has 4 aromatic rings.